The minimum absolute atomic E-state index is 0. The first kappa shape index (κ1) is 23.4. The summed E-state index contributed by atoms with van der Waals surface area (Å²) < 4.78 is 58.9. The largest absolute Gasteiger partial charge is 2.00 e. The van der Waals surface area contributed by atoms with Crippen molar-refractivity contribution in [2.75, 3.05) is 0 Å². The van der Waals surface area contributed by atoms with Crippen LogP contribution in [0.5, 0.6) is 0 Å². The Morgan fingerprint density at radius 1 is 0.909 bits per heavy atom. The molecule has 8 heteroatoms. The molecule has 0 N–H and O–H groups in total. The van der Waals surface area contributed by atoms with Gasteiger partial charge < -0.3 is 4.55 Å². The Balaban J connectivity index is 0. The molecule has 3 nitrogen and oxygen atoms in total. The Morgan fingerprint density at radius 3 is 1.41 bits per heavy atom. The van der Waals surface area contributed by atoms with Crippen LogP contribution in [0.3, 0.4) is 0 Å². The zero-order valence-corrected chi connectivity index (χ0v) is 13.5. The SMILES string of the molecule is C1=CCC/C=C\CC1.O=S(=O)([O-])C(F)(F)F.[C-]1=CC=CC1.[Ni+2]. The molecule has 0 amide bonds. The number of alkyl halides is 3. The molecule has 2 aliphatic rings. The van der Waals surface area contributed by atoms with Gasteiger partial charge in [-0.05, 0) is 25.7 Å². The van der Waals surface area contributed by atoms with Crippen LogP contribution in [0.25, 0.3) is 0 Å². The van der Waals surface area contributed by atoms with Crippen molar-refractivity contribution >= 4 is 10.1 Å². The van der Waals surface area contributed by atoms with E-state index in [1.165, 1.54) is 25.7 Å². The van der Waals surface area contributed by atoms with E-state index in [0.29, 0.717) is 0 Å². The monoisotopic (exact) mass is 380 g/mol. The summed E-state index contributed by atoms with van der Waals surface area (Å²) in [6, 6.07) is 0. The molecule has 0 aromatic heterocycles. The van der Waals surface area contributed by atoms with Gasteiger partial charge in [-0.3, -0.25) is 6.08 Å². The van der Waals surface area contributed by atoms with Crippen molar-refractivity contribution in [3.05, 3.63) is 48.6 Å². The van der Waals surface area contributed by atoms with Crippen molar-refractivity contribution in [2.24, 2.45) is 0 Å². The summed E-state index contributed by atoms with van der Waals surface area (Å²) in [7, 11) is -6.09. The van der Waals surface area contributed by atoms with Gasteiger partial charge in [-0.2, -0.15) is 19.2 Å². The van der Waals surface area contributed by atoms with Gasteiger partial charge >= 0.3 is 22.0 Å². The van der Waals surface area contributed by atoms with Crippen LogP contribution < -0.4 is 0 Å². The number of halogens is 3. The molecule has 22 heavy (non-hydrogen) atoms. The van der Waals surface area contributed by atoms with E-state index in [1.807, 2.05) is 12.2 Å². The summed E-state index contributed by atoms with van der Waals surface area (Å²) in [5.74, 6) is 0. The van der Waals surface area contributed by atoms with E-state index < -0.39 is 15.6 Å². The summed E-state index contributed by atoms with van der Waals surface area (Å²) in [6.45, 7) is 0. The zero-order chi connectivity index (χ0) is 16.2. The molecule has 0 fully saturated rings. The molecule has 0 bridgehead atoms. The second-order valence-electron chi connectivity index (χ2n) is 4.00. The topological polar surface area (TPSA) is 57.2 Å². The number of allylic oxidation sites excluding steroid dienone is 8. The molecule has 0 spiro atoms. The maximum absolute atomic E-state index is 10.7. The second-order valence-corrected chi connectivity index (χ2v) is 5.37. The first-order chi connectivity index (χ1) is 9.75. The molecule has 2 aliphatic carbocycles. The predicted molar refractivity (Wildman–Crippen MR) is 74.1 cm³/mol. The summed E-state index contributed by atoms with van der Waals surface area (Å²) in [5, 5.41) is 0. The third kappa shape index (κ3) is 14.1. The van der Waals surface area contributed by atoms with Crippen LogP contribution >= 0.6 is 0 Å². The Labute approximate surface area is 139 Å². The van der Waals surface area contributed by atoms with E-state index in [1.54, 1.807) is 0 Å². The third-order valence-corrected chi connectivity index (χ3v) is 2.77. The van der Waals surface area contributed by atoms with Gasteiger partial charge in [0, 0.05) is 0 Å². The van der Waals surface area contributed by atoms with Gasteiger partial charge in [0.15, 0.2) is 10.1 Å². The van der Waals surface area contributed by atoms with Gasteiger partial charge in [-0.15, -0.1) is 6.42 Å². The summed E-state index contributed by atoms with van der Waals surface area (Å²) in [4.78, 5) is 0. The first-order valence-corrected chi connectivity index (χ1v) is 7.70. The van der Waals surface area contributed by atoms with Crippen LogP contribution in [0.2, 0.25) is 0 Å². The van der Waals surface area contributed by atoms with Gasteiger partial charge in [-0.25, -0.2) is 20.6 Å². The standard InChI is InChI=1S/C8H12.C5H5.CHF3O3S.Ni/c1-2-4-6-8-7-5-3-1;1-2-4-5-3-1;2-1(3,4)8(5,6)7;/h1-2,7-8H,3-6H2;1-3H,4H2;(H,5,6,7);/q;-1;;+2/p-1/b2-1-,8-7?;;;. The summed E-state index contributed by atoms with van der Waals surface area (Å²) in [6.07, 6.45) is 24.0. The zero-order valence-electron chi connectivity index (χ0n) is 11.7. The van der Waals surface area contributed by atoms with E-state index in [4.69, 9.17) is 13.0 Å². The van der Waals surface area contributed by atoms with Crippen LogP contribution in [-0.4, -0.2) is 18.5 Å². The minimum Gasteiger partial charge on any atom is -0.741 e. The molecule has 0 aromatic rings. The Hall–Kier alpha value is -0.846. The van der Waals surface area contributed by atoms with Gasteiger partial charge in [0.05, 0.1) is 0 Å². The van der Waals surface area contributed by atoms with Crippen molar-refractivity contribution in [2.45, 2.75) is 37.6 Å². The third-order valence-electron chi connectivity index (χ3n) is 2.20. The van der Waals surface area contributed by atoms with E-state index in [0.717, 1.165) is 6.42 Å². The van der Waals surface area contributed by atoms with Crippen LogP contribution in [0, 0.1) is 6.08 Å². The smallest absolute Gasteiger partial charge is 0.741 e. The molecule has 0 atom stereocenters. The number of hydrogen-bond acceptors (Lipinski definition) is 3. The summed E-state index contributed by atoms with van der Waals surface area (Å²) in [5.41, 5.74) is -5.65. The van der Waals surface area contributed by atoms with Gasteiger partial charge in [0.1, 0.15) is 0 Å². The molecule has 0 saturated carbocycles. The van der Waals surface area contributed by atoms with Crippen LogP contribution in [0.15, 0.2) is 42.5 Å². The molecular weight excluding hydrogens is 364 g/mol. The Kier molecular flexibility index (Phi) is 13.5. The van der Waals surface area contributed by atoms with Crippen molar-refractivity contribution in [1.82, 2.24) is 0 Å². The fourth-order valence-electron chi connectivity index (χ4n) is 1.20. The van der Waals surface area contributed by atoms with Crippen LogP contribution in [0.4, 0.5) is 13.2 Å². The van der Waals surface area contributed by atoms with E-state index in [-0.39, 0.29) is 16.5 Å². The van der Waals surface area contributed by atoms with Gasteiger partial charge in [0.2, 0.25) is 0 Å². The molecule has 0 radical (unpaired) electrons. The molecule has 128 valence electrons. The predicted octanol–water partition coefficient (Wildman–Crippen LogP) is 4.03. The maximum atomic E-state index is 10.7. The number of rotatable bonds is 0. The van der Waals surface area contributed by atoms with Crippen molar-refractivity contribution in [1.29, 1.82) is 0 Å². The quantitative estimate of drug-likeness (QED) is 0.209. The minimum atomic E-state index is -6.09. The normalized spacial score (nSPS) is 17.8. The van der Waals surface area contributed by atoms with Crippen molar-refractivity contribution in [3.8, 4) is 0 Å². The fourth-order valence-corrected chi connectivity index (χ4v) is 1.20. The average molecular weight is 381 g/mol. The number of hydrogen-bond donors (Lipinski definition) is 0. The van der Waals surface area contributed by atoms with Gasteiger partial charge in [0.25, 0.3) is 0 Å². The molecular formula is C14H17F3NiO3S. The molecule has 0 heterocycles. The molecule has 2 rings (SSSR count). The molecule has 0 aromatic carbocycles. The van der Waals surface area contributed by atoms with E-state index >= 15 is 0 Å². The van der Waals surface area contributed by atoms with E-state index in [2.05, 4.69) is 36.5 Å². The Morgan fingerprint density at radius 2 is 1.27 bits per heavy atom. The van der Waals surface area contributed by atoms with Crippen LogP contribution in [0.1, 0.15) is 32.1 Å². The van der Waals surface area contributed by atoms with Crippen molar-refractivity contribution < 1.29 is 42.6 Å². The van der Waals surface area contributed by atoms with Crippen LogP contribution in [-0.2, 0) is 26.6 Å². The summed E-state index contributed by atoms with van der Waals surface area (Å²) >= 11 is 0. The molecule has 0 unspecified atom stereocenters. The average Bonchev–Trinajstić information content (AvgIpc) is 2.83. The fraction of sp³-hybridized carbons (Fsp3) is 0.429. The first-order valence-electron chi connectivity index (χ1n) is 6.29. The molecule has 0 aliphatic heterocycles. The maximum Gasteiger partial charge on any atom is 2.00 e. The Bertz CT molecular complexity index is 456. The van der Waals surface area contributed by atoms with Gasteiger partial charge in [-0.1, -0.05) is 24.3 Å². The molecule has 0 saturated heterocycles. The van der Waals surface area contributed by atoms with Crippen molar-refractivity contribution in [3.63, 3.8) is 0 Å². The van der Waals surface area contributed by atoms with E-state index in [9.17, 15) is 13.2 Å². The second kappa shape index (κ2) is 12.7.